The molecule has 0 saturated carbocycles. The average molecular weight is 361 g/mol. The lowest BCUT2D eigenvalue weighted by Gasteiger charge is -2.14. The van der Waals surface area contributed by atoms with Crippen LogP contribution in [0.2, 0.25) is 0 Å². The first kappa shape index (κ1) is 19.0. The first-order valence-corrected chi connectivity index (χ1v) is 7.74. The number of ether oxygens (including phenoxy) is 2. The first-order valence-electron chi connectivity index (χ1n) is 7.74. The van der Waals surface area contributed by atoms with E-state index in [4.69, 9.17) is 9.47 Å². The Kier molecular flexibility index (Phi) is 5.94. The molecule has 26 heavy (non-hydrogen) atoms. The number of aromatic nitrogens is 1. The average Bonchev–Trinajstić information content (AvgIpc) is 3.02. The standard InChI is InChI=1S/C17H19N3O6/c1-11(16(21)18-9-12-6-4-5-7-15(12)25-3)26-17(22)14-8-13(20(23)24)10-19(14)2/h4-8,10-11H,9H2,1-3H3,(H,18,21). The second kappa shape index (κ2) is 8.15. The Balaban J connectivity index is 1.96. The van der Waals surface area contributed by atoms with Crippen molar-refractivity contribution >= 4 is 17.6 Å². The maximum Gasteiger partial charge on any atom is 0.355 e. The van der Waals surface area contributed by atoms with Crippen LogP contribution in [-0.4, -0.2) is 34.6 Å². The molecule has 0 spiro atoms. The predicted molar refractivity (Wildman–Crippen MR) is 91.8 cm³/mol. The zero-order valence-corrected chi connectivity index (χ0v) is 14.6. The predicted octanol–water partition coefficient (Wildman–Crippen LogP) is 1.80. The Morgan fingerprint density at radius 2 is 2.04 bits per heavy atom. The topological polar surface area (TPSA) is 113 Å². The summed E-state index contributed by atoms with van der Waals surface area (Å²) < 4.78 is 11.6. The van der Waals surface area contributed by atoms with E-state index in [-0.39, 0.29) is 17.9 Å². The number of hydrogen-bond acceptors (Lipinski definition) is 6. The van der Waals surface area contributed by atoms with Gasteiger partial charge in [-0.2, -0.15) is 0 Å². The Morgan fingerprint density at radius 3 is 2.65 bits per heavy atom. The number of carbonyl (C=O) groups excluding carboxylic acids is 2. The molecule has 1 N–H and O–H groups in total. The number of rotatable bonds is 7. The highest BCUT2D eigenvalue weighted by Gasteiger charge is 2.23. The number of methoxy groups -OCH3 is 1. The van der Waals surface area contributed by atoms with Gasteiger partial charge in [-0.25, -0.2) is 4.79 Å². The van der Waals surface area contributed by atoms with Gasteiger partial charge in [0.1, 0.15) is 11.4 Å². The number of esters is 1. The van der Waals surface area contributed by atoms with Crippen molar-refractivity contribution in [2.24, 2.45) is 7.05 Å². The molecule has 0 saturated heterocycles. The Bertz CT molecular complexity index is 830. The molecule has 138 valence electrons. The summed E-state index contributed by atoms with van der Waals surface area (Å²) in [4.78, 5) is 34.4. The number of aryl methyl sites for hydroxylation is 1. The molecule has 0 bridgehead atoms. The van der Waals surface area contributed by atoms with Gasteiger partial charge in [0.25, 0.3) is 11.6 Å². The number of amides is 1. The van der Waals surface area contributed by atoms with E-state index in [1.54, 1.807) is 12.1 Å². The second-order valence-electron chi connectivity index (χ2n) is 5.53. The van der Waals surface area contributed by atoms with Crippen LogP contribution in [0.5, 0.6) is 5.75 Å². The third-order valence-corrected chi connectivity index (χ3v) is 3.71. The molecule has 9 nitrogen and oxygen atoms in total. The largest absolute Gasteiger partial charge is 0.496 e. The van der Waals surface area contributed by atoms with E-state index in [1.807, 2.05) is 12.1 Å². The summed E-state index contributed by atoms with van der Waals surface area (Å²) in [5, 5.41) is 13.4. The number of nitrogens with zero attached hydrogens (tertiary/aromatic N) is 2. The molecule has 1 heterocycles. The van der Waals surface area contributed by atoms with Crippen LogP contribution >= 0.6 is 0 Å². The van der Waals surface area contributed by atoms with Crippen LogP contribution in [0.25, 0.3) is 0 Å². The summed E-state index contributed by atoms with van der Waals surface area (Å²) in [6.45, 7) is 1.63. The van der Waals surface area contributed by atoms with E-state index in [2.05, 4.69) is 5.32 Å². The molecule has 1 atom stereocenters. The molecule has 1 aromatic carbocycles. The molecule has 2 aromatic rings. The number of carbonyl (C=O) groups is 2. The molecule has 1 unspecified atom stereocenters. The lowest BCUT2D eigenvalue weighted by Crippen LogP contribution is -2.35. The van der Waals surface area contributed by atoms with Crippen molar-refractivity contribution in [3.63, 3.8) is 0 Å². The van der Waals surface area contributed by atoms with Crippen molar-refractivity contribution in [3.05, 3.63) is 57.9 Å². The van der Waals surface area contributed by atoms with Gasteiger partial charge in [0.2, 0.25) is 0 Å². The zero-order chi connectivity index (χ0) is 19.3. The van der Waals surface area contributed by atoms with Gasteiger partial charge in [-0.1, -0.05) is 18.2 Å². The fraction of sp³-hybridized carbons (Fsp3) is 0.294. The minimum absolute atomic E-state index is 0.0129. The number of nitrogens with one attached hydrogen (secondary N) is 1. The van der Waals surface area contributed by atoms with Crippen molar-refractivity contribution in [1.29, 1.82) is 0 Å². The number of nitro groups is 1. The van der Waals surface area contributed by atoms with Crippen LogP contribution in [-0.2, 0) is 23.1 Å². The van der Waals surface area contributed by atoms with Gasteiger partial charge >= 0.3 is 5.97 Å². The quantitative estimate of drug-likeness (QED) is 0.457. The van der Waals surface area contributed by atoms with E-state index >= 15 is 0 Å². The minimum Gasteiger partial charge on any atom is -0.496 e. The van der Waals surface area contributed by atoms with Gasteiger partial charge in [-0.3, -0.25) is 14.9 Å². The van der Waals surface area contributed by atoms with Crippen LogP contribution in [0.15, 0.2) is 36.5 Å². The molecule has 2 rings (SSSR count). The number of para-hydroxylation sites is 1. The highest BCUT2D eigenvalue weighted by Crippen LogP contribution is 2.18. The monoisotopic (exact) mass is 361 g/mol. The van der Waals surface area contributed by atoms with Crippen molar-refractivity contribution in [3.8, 4) is 5.75 Å². The van der Waals surface area contributed by atoms with E-state index in [0.717, 1.165) is 11.6 Å². The van der Waals surface area contributed by atoms with Crippen molar-refractivity contribution in [2.75, 3.05) is 7.11 Å². The molecule has 0 aliphatic carbocycles. The van der Waals surface area contributed by atoms with Gasteiger partial charge < -0.3 is 19.4 Å². The van der Waals surface area contributed by atoms with Crippen LogP contribution < -0.4 is 10.1 Å². The normalized spacial score (nSPS) is 11.5. The van der Waals surface area contributed by atoms with Crippen LogP contribution in [0.3, 0.4) is 0 Å². The summed E-state index contributed by atoms with van der Waals surface area (Å²) in [6, 6.07) is 8.30. The van der Waals surface area contributed by atoms with Crippen LogP contribution in [0.4, 0.5) is 5.69 Å². The van der Waals surface area contributed by atoms with E-state index in [1.165, 1.54) is 31.8 Å². The fourth-order valence-corrected chi connectivity index (χ4v) is 2.30. The van der Waals surface area contributed by atoms with E-state index in [0.29, 0.717) is 5.75 Å². The lowest BCUT2D eigenvalue weighted by atomic mass is 10.2. The Hall–Kier alpha value is -3.36. The van der Waals surface area contributed by atoms with Crippen molar-refractivity contribution in [1.82, 2.24) is 9.88 Å². The van der Waals surface area contributed by atoms with Gasteiger partial charge in [0.15, 0.2) is 6.10 Å². The second-order valence-corrected chi connectivity index (χ2v) is 5.53. The van der Waals surface area contributed by atoms with E-state index < -0.39 is 22.9 Å². The summed E-state index contributed by atoms with van der Waals surface area (Å²) in [6.07, 6.45) is 0.134. The van der Waals surface area contributed by atoms with Crippen LogP contribution in [0.1, 0.15) is 23.0 Å². The van der Waals surface area contributed by atoms with Crippen molar-refractivity contribution < 1.29 is 24.0 Å². The maximum absolute atomic E-state index is 12.1. The first-order chi connectivity index (χ1) is 12.3. The lowest BCUT2D eigenvalue weighted by molar-refractivity contribution is -0.384. The molecule has 1 amide bonds. The zero-order valence-electron chi connectivity index (χ0n) is 14.6. The molecule has 0 aliphatic heterocycles. The van der Waals surface area contributed by atoms with Gasteiger partial charge in [-0.05, 0) is 13.0 Å². The SMILES string of the molecule is COc1ccccc1CNC(=O)C(C)OC(=O)c1cc([N+](=O)[O-])cn1C. The molecule has 0 fully saturated rings. The van der Waals surface area contributed by atoms with Gasteiger partial charge in [-0.15, -0.1) is 0 Å². The summed E-state index contributed by atoms with van der Waals surface area (Å²) in [7, 11) is 3.01. The Morgan fingerprint density at radius 1 is 1.35 bits per heavy atom. The number of benzene rings is 1. The molecule has 9 heteroatoms. The van der Waals surface area contributed by atoms with Gasteiger partial charge in [0, 0.05) is 25.2 Å². The van der Waals surface area contributed by atoms with Gasteiger partial charge in [0.05, 0.1) is 18.2 Å². The molecule has 1 aromatic heterocycles. The highest BCUT2D eigenvalue weighted by molar-refractivity contribution is 5.91. The minimum atomic E-state index is -1.06. The van der Waals surface area contributed by atoms with Crippen LogP contribution in [0, 0.1) is 10.1 Å². The third-order valence-electron chi connectivity index (χ3n) is 3.71. The molecular weight excluding hydrogens is 342 g/mol. The molecule has 0 radical (unpaired) electrons. The molecule has 0 aliphatic rings. The fourth-order valence-electron chi connectivity index (χ4n) is 2.30. The highest BCUT2D eigenvalue weighted by atomic mass is 16.6. The Labute approximate surface area is 149 Å². The third kappa shape index (κ3) is 4.38. The van der Waals surface area contributed by atoms with Crippen molar-refractivity contribution in [2.45, 2.75) is 19.6 Å². The van der Waals surface area contributed by atoms with E-state index in [9.17, 15) is 19.7 Å². The summed E-state index contributed by atoms with van der Waals surface area (Å²) in [5.41, 5.74) is 0.536. The summed E-state index contributed by atoms with van der Waals surface area (Å²) >= 11 is 0. The summed E-state index contributed by atoms with van der Waals surface area (Å²) in [5.74, 6) is -0.679. The number of hydrogen-bond donors (Lipinski definition) is 1. The maximum atomic E-state index is 12.1. The smallest absolute Gasteiger partial charge is 0.355 e. The molecular formula is C17H19N3O6.